The van der Waals surface area contributed by atoms with Crippen LogP contribution >= 0.6 is 7.14 Å². The summed E-state index contributed by atoms with van der Waals surface area (Å²) in [7, 11) is -2.81. The molecule has 0 aliphatic carbocycles. The molecule has 8 aromatic rings. The Balaban J connectivity index is 1.53. The first-order chi connectivity index (χ1) is 19.6. The summed E-state index contributed by atoms with van der Waals surface area (Å²) in [5.74, 6) is 0. The van der Waals surface area contributed by atoms with Gasteiger partial charge < -0.3 is 4.57 Å². The topological polar surface area (TPSA) is 47.3 Å². The van der Waals surface area contributed by atoms with Gasteiger partial charge in [-0.1, -0.05) is 91.0 Å². The van der Waals surface area contributed by atoms with E-state index in [1.807, 2.05) is 67.5 Å². The number of imidazole rings is 1. The Hall–Kier alpha value is -4.79. The summed E-state index contributed by atoms with van der Waals surface area (Å²) in [5.41, 5.74) is 5.85. The minimum absolute atomic E-state index is 0.833. The quantitative estimate of drug-likeness (QED) is 0.171. The Morgan fingerprint density at radius 2 is 1.43 bits per heavy atom. The smallest absolute Gasteiger partial charge is 0.146 e. The molecule has 0 spiro atoms. The van der Waals surface area contributed by atoms with Gasteiger partial charge >= 0.3 is 0 Å². The van der Waals surface area contributed by atoms with E-state index in [0.29, 0.717) is 0 Å². The van der Waals surface area contributed by atoms with Gasteiger partial charge in [0, 0.05) is 38.5 Å². The Labute approximate surface area is 230 Å². The Bertz CT molecular complexity index is 2310. The predicted molar refractivity (Wildman–Crippen MR) is 168 cm³/mol. The molecular weight excluding hydrogens is 509 g/mol. The van der Waals surface area contributed by atoms with Crippen molar-refractivity contribution in [2.24, 2.45) is 0 Å². The monoisotopic (exact) mass is 533 g/mol. The maximum absolute atomic E-state index is 14.2. The third-order valence-electron chi connectivity index (χ3n) is 8.02. The summed E-state index contributed by atoms with van der Waals surface area (Å²) in [4.78, 5) is 9.87. The minimum Gasteiger partial charge on any atom is -0.314 e. The molecule has 0 aliphatic heterocycles. The molecule has 0 fully saturated rings. The van der Waals surface area contributed by atoms with Crippen molar-refractivity contribution in [2.45, 2.75) is 0 Å². The van der Waals surface area contributed by atoms with Crippen molar-refractivity contribution in [3.05, 3.63) is 128 Å². The molecule has 1 unspecified atom stereocenters. The number of aromatic nitrogens is 3. The van der Waals surface area contributed by atoms with Crippen LogP contribution in [0.15, 0.2) is 128 Å². The average molecular weight is 534 g/mol. The van der Waals surface area contributed by atoms with Crippen LogP contribution in [0.5, 0.6) is 0 Å². The molecular formula is C35H24N3OP. The lowest BCUT2D eigenvalue weighted by Crippen LogP contribution is -2.15. The van der Waals surface area contributed by atoms with Gasteiger partial charge in [0.25, 0.3) is 0 Å². The summed E-state index contributed by atoms with van der Waals surface area (Å²) < 4.78 is 16.5. The van der Waals surface area contributed by atoms with Crippen molar-refractivity contribution in [1.82, 2.24) is 14.4 Å². The second kappa shape index (κ2) is 8.61. The molecule has 0 radical (unpaired) electrons. The van der Waals surface area contributed by atoms with Crippen LogP contribution in [-0.2, 0) is 4.57 Å². The average Bonchev–Trinajstić information content (AvgIpc) is 3.42. The van der Waals surface area contributed by atoms with Gasteiger partial charge in [-0.2, -0.15) is 0 Å². The molecule has 0 aliphatic rings. The highest BCUT2D eigenvalue weighted by Crippen LogP contribution is 2.41. The van der Waals surface area contributed by atoms with Gasteiger partial charge in [0.2, 0.25) is 0 Å². The standard InChI is InChI=1S/C35H24N3OP/c1-40(39,25-10-3-2-4-11-25)26-16-18-29-28-17-14-24(31-13-7-8-20-36-31)21-30(28)35-37-34-27-12-6-5-9-23(27)15-19-32(34)38(35)33(29)22-26/h2-22H,1H3. The van der Waals surface area contributed by atoms with Crippen LogP contribution in [0.3, 0.4) is 0 Å². The number of rotatable bonds is 3. The lowest BCUT2D eigenvalue weighted by molar-refractivity contribution is 0.590. The van der Waals surface area contributed by atoms with E-state index in [4.69, 9.17) is 4.98 Å². The van der Waals surface area contributed by atoms with Crippen LogP contribution in [0.1, 0.15) is 0 Å². The van der Waals surface area contributed by atoms with E-state index in [2.05, 4.69) is 76.1 Å². The molecule has 0 saturated carbocycles. The molecule has 5 aromatic carbocycles. The first-order valence-electron chi connectivity index (χ1n) is 13.3. The fourth-order valence-electron chi connectivity index (χ4n) is 5.95. The molecule has 3 heterocycles. The number of fused-ring (bicyclic) bond motifs is 10. The van der Waals surface area contributed by atoms with E-state index in [1.165, 1.54) is 0 Å². The SMILES string of the molecule is CP(=O)(c1ccccc1)c1ccc2c3ccc(-c4ccccn4)cc3c3nc4c5ccccc5ccc4n3c2c1. The highest BCUT2D eigenvalue weighted by molar-refractivity contribution is 7.78. The van der Waals surface area contributed by atoms with Crippen molar-refractivity contribution < 1.29 is 4.57 Å². The van der Waals surface area contributed by atoms with Crippen molar-refractivity contribution in [2.75, 3.05) is 6.66 Å². The summed E-state index contributed by atoms with van der Waals surface area (Å²) in [6.07, 6.45) is 1.82. The lowest BCUT2D eigenvalue weighted by Gasteiger charge is -2.16. The molecule has 0 amide bonds. The number of pyridine rings is 2. The summed E-state index contributed by atoms with van der Waals surface area (Å²) in [6.45, 7) is 1.86. The third kappa shape index (κ3) is 3.36. The second-order valence-corrected chi connectivity index (χ2v) is 13.2. The fourth-order valence-corrected chi connectivity index (χ4v) is 7.72. The van der Waals surface area contributed by atoms with Crippen molar-refractivity contribution in [3.8, 4) is 11.3 Å². The van der Waals surface area contributed by atoms with E-state index < -0.39 is 7.14 Å². The Morgan fingerprint density at radius 1 is 0.625 bits per heavy atom. The van der Waals surface area contributed by atoms with Gasteiger partial charge in [-0.15, -0.1) is 0 Å². The first-order valence-corrected chi connectivity index (χ1v) is 15.5. The molecule has 0 bridgehead atoms. The van der Waals surface area contributed by atoms with Crippen molar-refractivity contribution in [1.29, 1.82) is 0 Å². The molecule has 4 nitrogen and oxygen atoms in total. The van der Waals surface area contributed by atoms with Gasteiger partial charge in [-0.05, 0) is 47.8 Å². The zero-order valence-corrected chi connectivity index (χ0v) is 22.7. The molecule has 190 valence electrons. The normalized spacial score (nSPS) is 13.4. The number of benzene rings is 5. The van der Waals surface area contributed by atoms with Crippen LogP contribution in [0.25, 0.3) is 60.4 Å². The van der Waals surface area contributed by atoms with Crippen LogP contribution in [0.2, 0.25) is 0 Å². The zero-order valence-electron chi connectivity index (χ0n) is 21.8. The van der Waals surface area contributed by atoms with Crippen LogP contribution in [0, 0.1) is 0 Å². The number of hydrogen-bond donors (Lipinski definition) is 0. The molecule has 3 aromatic heterocycles. The molecule has 0 saturated heterocycles. The molecule has 5 heteroatoms. The highest BCUT2D eigenvalue weighted by Gasteiger charge is 2.23. The van der Waals surface area contributed by atoms with E-state index in [-0.39, 0.29) is 0 Å². The van der Waals surface area contributed by atoms with E-state index in [1.54, 1.807) is 0 Å². The predicted octanol–water partition coefficient (Wildman–Crippen LogP) is 7.95. The second-order valence-electron chi connectivity index (χ2n) is 10.4. The molecule has 40 heavy (non-hydrogen) atoms. The van der Waals surface area contributed by atoms with Crippen LogP contribution in [0.4, 0.5) is 0 Å². The van der Waals surface area contributed by atoms with E-state index in [9.17, 15) is 4.57 Å². The van der Waals surface area contributed by atoms with Crippen LogP contribution in [-0.4, -0.2) is 21.0 Å². The molecule has 8 rings (SSSR count). The van der Waals surface area contributed by atoms with Crippen LogP contribution < -0.4 is 10.6 Å². The van der Waals surface area contributed by atoms with Crippen molar-refractivity contribution in [3.63, 3.8) is 0 Å². The third-order valence-corrected chi connectivity index (χ3v) is 10.6. The largest absolute Gasteiger partial charge is 0.314 e. The van der Waals surface area contributed by atoms with Gasteiger partial charge in [-0.25, -0.2) is 4.98 Å². The minimum atomic E-state index is -2.81. The van der Waals surface area contributed by atoms with E-state index in [0.717, 1.165) is 71.0 Å². The van der Waals surface area contributed by atoms with Gasteiger partial charge in [-0.3, -0.25) is 9.38 Å². The lowest BCUT2D eigenvalue weighted by atomic mass is 10.0. The molecule has 1 atom stereocenters. The zero-order chi connectivity index (χ0) is 26.8. The summed E-state index contributed by atoms with van der Waals surface area (Å²) in [6, 6.07) is 41.2. The summed E-state index contributed by atoms with van der Waals surface area (Å²) in [5, 5.41) is 7.23. The maximum atomic E-state index is 14.2. The Kier molecular flexibility index (Phi) is 4.98. The Morgan fingerprint density at radius 3 is 2.27 bits per heavy atom. The number of hydrogen-bond acceptors (Lipinski definition) is 3. The van der Waals surface area contributed by atoms with Crippen molar-refractivity contribution >= 4 is 66.9 Å². The van der Waals surface area contributed by atoms with Gasteiger partial charge in [0.05, 0.1) is 22.2 Å². The van der Waals surface area contributed by atoms with E-state index >= 15 is 0 Å². The maximum Gasteiger partial charge on any atom is 0.146 e. The van der Waals surface area contributed by atoms with Gasteiger partial charge in [0.1, 0.15) is 12.8 Å². The number of nitrogens with zero attached hydrogens (tertiary/aromatic N) is 3. The summed E-state index contributed by atoms with van der Waals surface area (Å²) >= 11 is 0. The first kappa shape index (κ1) is 23.1. The molecule has 0 N–H and O–H groups in total. The van der Waals surface area contributed by atoms with Gasteiger partial charge in [0.15, 0.2) is 0 Å². The fraction of sp³-hybridized carbons (Fsp3) is 0.0286. The highest BCUT2D eigenvalue weighted by atomic mass is 31.2.